The lowest BCUT2D eigenvalue weighted by Gasteiger charge is -2.26. The molecule has 8 heteroatoms. The van der Waals surface area contributed by atoms with Crippen molar-refractivity contribution in [2.45, 2.75) is 52.1 Å². The molecule has 1 fully saturated rings. The molecule has 0 spiro atoms. The second-order valence-electron chi connectivity index (χ2n) is 6.33. The van der Waals surface area contributed by atoms with Gasteiger partial charge >= 0.3 is 5.97 Å². The van der Waals surface area contributed by atoms with Crippen LogP contribution in [0.1, 0.15) is 40.0 Å². The molecule has 23 heavy (non-hydrogen) atoms. The molecule has 1 aliphatic rings. The number of hydroxylamine groups is 2. The molecular formula is C15H25N3O5. The van der Waals surface area contributed by atoms with E-state index in [1.54, 1.807) is 19.0 Å². The molecule has 0 aliphatic carbocycles. The molecule has 1 saturated heterocycles. The van der Waals surface area contributed by atoms with Crippen LogP contribution in [0.5, 0.6) is 0 Å². The van der Waals surface area contributed by atoms with Crippen LogP contribution >= 0.6 is 0 Å². The minimum absolute atomic E-state index is 0.0317. The predicted octanol–water partition coefficient (Wildman–Crippen LogP) is 0.0746. The van der Waals surface area contributed by atoms with Gasteiger partial charge in [0, 0.05) is 12.8 Å². The van der Waals surface area contributed by atoms with Crippen LogP contribution in [-0.2, 0) is 24.0 Å². The fourth-order valence-electron chi connectivity index (χ4n) is 2.19. The van der Waals surface area contributed by atoms with Gasteiger partial charge in [0.2, 0.25) is 5.91 Å². The van der Waals surface area contributed by atoms with Crippen molar-refractivity contribution >= 4 is 23.7 Å². The maximum absolute atomic E-state index is 12.3. The third-order valence-corrected chi connectivity index (χ3v) is 3.52. The van der Waals surface area contributed by atoms with E-state index in [4.69, 9.17) is 4.84 Å². The first kappa shape index (κ1) is 19.1. The van der Waals surface area contributed by atoms with Gasteiger partial charge in [-0.3, -0.25) is 19.3 Å². The molecule has 130 valence electrons. The van der Waals surface area contributed by atoms with Gasteiger partial charge in [-0.15, -0.1) is 5.06 Å². The highest BCUT2D eigenvalue weighted by Crippen LogP contribution is 2.13. The number of hydrogen-bond donors (Lipinski definition) is 1. The van der Waals surface area contributed by atoms with Crippen LogP contribution in [0, 0.1) is 5.92 Å². The Morgan fingerprint density at radius 3 is 2.13 bits per heavy atom. The molecule has 0 aromatic heterocycles. The number of carbonyl (C=O) groups excluding carboxylic acids is 4. The van der Waals surface area contributed by atoms with E-state index in [-0.39, 0.29) is 24.8 Å². The summed E-state index contributed by atoms with van der Waals surface area (Å²) in [6.45, 7) is 5.46. The third kappa shape index (κ3) is 5.31. The van der Waals surface area contributed by atoms with Crippen molar-refractivity contribution in [3.8, 4) is 0 Å². The third-order valence-electron chi connectivity index (χ3n) is 3.52. The Hall–Kier alpha value is -1.96. The van der Waals surface area contributed by atoms with Gasteiger partial charge in [-0.1, -0.05) is 13.8 Å². The standard InChI is InChI=1S/C15H25N3O5/c1-9(2)8-11(17(4)5)14(21)16-10(3)15(22)23-18-12(19)6-7-13(18)20/h9-11H,6-8H2,1-5H3,(H,16,21). The summed E-state index contributed by atoms with van der Waals surface area (Å²) in [6.07, 6.45) is 0.706. The highest BCUT2D eigenvalue weighted by Gasteiger charge is 2.34. The fraction of sp³-hybridized carbons (Fsp3) is 0.733. The number of carbonyl (C=O) groups is 4. The Balaban J connectivity index is 2.61. The number of rotatable bonds is 7. The van der Waals surface area contributed by atoms with Crippen LogP contribution in [0.15, 0.2) is 0 Å². The van der Waals surface area contributed by atoms with Crippen LogP contribution in [0.2, 0.25) is 0 Å². The van der Waals surface area contributed by atoms with Crippen LogP contribution in [0.3, 0.4) is 0 Å². The number of hydrogen-bond acceptors (Lipinski definition) is 6. The summed E-state index contributed by atoms with van der Waals surface area (Å²) in [7, 11) is 3.58. The minimum Gasteiger partial charge on any atom is -0.341 e. The molecule has 2 atom stereocenters. The van der Waals surface area contributed by atoms with Gasteiger partial charge in [0.05, 0.1) is 6.04 Å². The summed E-state index contributed by atoms with van der Waals surface area (Å²) >= 11 is 0. The van der Waals surface area contributed by atoms with Crippen molar-refractivity contribution in [3.05, 3.63) is 0 Å². The van der Waals surface area contributed by atoms with Crippen LogP contribution in [-0.4, -0.2) is 59.8 Å². The average molecular weight is 327 g/mol. The Labute approximate surface area is 136 Å². The summed E-state index contributed by atoms with van der Waals surface area (Å²) in [5.74, 6) is -1.92. The smallest absolute Gasteiger partial charge is 0.341 e. The molecule has 1 N–H and O–H groups in total. The van der Waals surface area contributed by atoms with E-state index in [1.165, 1.54) is 6.92 Å². The van der Waals surface area contributed by atoms with Crippen LogP contribution in [0.25, 0.3) is 0 Å². The van der Waals surface area contributed by atoms with E-state index < -0.39 is 23.8 Å². The van der Waals surface area contributed by atoms with Crippen molar-refractivity contribution in [1.82, 2.24) is 15.3 Å². The van der Waals surface area contributed by atoms with Crippen molar-refractivity contribution in [3.63, 3.8) is 0 Å². The molecule has 2 unspecified atom stereocenters. The van der Waals surface area contributed by atoms with E-state index in [0.717, 1.165) is 0 Å². The topological polar surface area (TPSA) is 96.0 Å². The normalized spacial score (nSPS) is 17.6. The molecule has 0 bridgehead atoms. The lowest BCUT2D eigenvalue weighted by atomic mass is 10.0. The molecule has 8 nitrogen and oxygen atoms in total. The highest BCUT2D eigenvalue weighted by atomic mass is 16.7. The van der Waals surface area contributed by atoms with Crippen molar-refractivity contribution in [2.75, 3.05) is 14.1 Å². The molecule has 0 saturated carbocycles. The van der Waals surface area contributed by atoms with E-state index in [0.29, 0.717) is 17.4 Å². The number of nitrogens with zero attached hydrogens (tertiary/aromatic N) is 2. The molecule has 0 radical (unpaired) electrons. The second kappa shape index (κ2) is 8.05. The van der Waals surface area contributed by atoms with Crippen molar-refractivity contribution in [2.24, 2.45) is 5.92 Å². The van der Waals surface area contributed by atoms with E-state index in [9.17, 15) is 19.2 Å². The molecular weight excluding hydrogens is 302 g/mol. The largest absolute Gasteiger partial charge is 0.354 e. The van der Waals surface area contributed by atoms with E-state index in [2.05, 4.69) is 5.32 Å². The number of likely N-dealkylation sites (N-methyl/N-ethyl adjacent to an activating group) is 1. The van der Waals surface area contributed by atoms with Crippen LogP contribution in [0.4, 0.5) is 0 Å². The quantitative estimate of drug-likeness (QED) is 0.665. The van der Waals surface area contributed by atoms with Gasteiger partial charge in [0.25, 0.3) is 11.8 Å². The summed E-state index contributed by atoms with van der Waals surface area (Å²) in [5, 5.41) is 3.04. The van der Waals surface area contributed by atoms with Crippen LogP contribution < -0.4 is 5.32 Å². The van der Waals surface area contributed by atoms with E-state index in [1.807, 2.05) is 13.8 Å². The molecule has 0 aromatic carbocycles. The average Bonchev–Trinajstić information content (AvgIpc) is 2.75. The molecule has 1 rings (SSSR count). The molecule has 3 amide bonds. The molecule has 0 aromatic rings. The minimum atomic E-state index is -0.960. The summed E-state index contributed by atoms with van der Waals surface area (Å²) in [4.78, 5) is 53.6. The fourth-order valence-corrected chi connectivity index (χ4v) is 2.19. The number of imide groups is 1. The van der Waals surface area contributed by atoms with Gasteiger partial charge in [0.1, 0.15) is 6.04 Å². The Morgan fingerprint density at radius 1 is 1.17 bits per heavy atom. The van der Waals surface area contributed by atoms with Crippen molar-refractivity contribution < 1.29 is 24.0 Å². The number of amides is 3. The van der Waals surface area contributed by atoms with Gasteiger partial charge in [-0.2, -0.15) is 0 Å². The second-order valence-corrected chi connectivity index (χ2v) is 6.33. The first-order valence-electron chi connectivity index (χ1n) is 7.67. The maximum atomic E-state index is 12.3. The van der Waals surface area contributed by atoms with Gasteiger partial charge in [-0.25, -0.2) is 4.79 Å². The zero-order valence-electron chi connectivity index (χ0n) is 14.3. The SMILES string of the molecule is CC(C)CC(C(=O)NC(C)C(=O)ON1C(=O)CCC1=O)N(C)C. The monoisotopic (exact) mass is 327 g/mol. The lowest BCUT2D eigenvalue weighted by molar-refractivity contribution is -0.198. The molecule has 1 heterocycles. The Morgan fingerprint density at radius 2 is 1.70 bits per heavy atom. The lowest BCUT2D eigenvalue weighted by Crippen LogP contribution is -2.50. The maximum Gasteiger partial charge on any atom is 0.354 e. The van der Waals surface area contributed by atoms with E-state index >= 15 is 0 Å². The first-order valence-corrected chi connectivity index (χ1v) is 7.67. The Bertz CT molecular complexity index is 474. The molecule has 1 aliphatic heterocycles. The highest BCUT2D eigenvalue weighted by molar-refractivity contribution is 6.02. The van der Waals surface area contributed by atoms with Crippen molar-refractivity contribution in [1.29, 1.82) is 0 Å². The summed E-state index contributed by atoms with van der Waals surface area (Å²) in [5.41, 5.74) is 0. The summed E-state index contributed by atoms with van der Waals surface area (Å²) in [6, 6.07) is -1.33. The summed E-state index contributed by atoms with van der Waals surface area (Å²) < 4.78 is 0. The predicted molar refractivity (Wildman–Crippen MR) is 81.7 cm³/mol. The van der Waals surface area contributed by atoms with Gasteiger partial charge in [0.15, 0.2) is 0 Å². The zero-order valence-corrected chi connectivity index (χ0v) is 14.3. The first-order chi connectivity index (χ1) is 10.6. The Kier molecular flexibility index (Phi) is 6.68. The van der Waals surface area contributed by atoms with Gasteiger partial charge < -0.3 is 10.2 Å². The zero-order chi connectivity index (χ0) is 17.7. The van der Waals surface area contributed by atoms with Gasteiger partial charge in [-0.05, 0) is 33.4 Å². The number of nitrogens with one attached hydrogen (secondary N) is 1.